The van der Waals surface area contributed by atoms with Crippen molar-refractivity contribution in [1.82, 2.24) is 0 Å². The number of hydrogen-bond donors (Lipinski definition) is 1. The van der Waals surface area contributed by atoms with Crippen LogP contribution in [0.4, 0.5) is 0 Å². The molecule has 1 fully saturated rings. The van der Waals surface area contributed by atoms with Gasteiger partial charge in [0.15, 0.2) is 12.2 Å². The van der Waals surface area contributed by atoms with Crippen molar-refractivity contribution < 1.29 is 33.6 Å². The van der Waals surface area contributed by atoms with Gasteiger partial charge in [0.2, 0.25) is 0 Å². The van der Waals surface area contributed by atoms with Crippen molar-refractivity contribution in [1.29, 1.82) is 0 Å². The zero-order valence-corrected chi connectivity index (χ0v) is 13.0. The normalized spacial score (nSPS) is 27.3. The van der Waals surface area contributed by atoms with Crippen LogP contribution in [0.3, 0.4) is 0 Å². The highest BCUT2D eigenvalue weighted by Gasteiger charge is 2.45. The van der Waals surface area contributed by atoms with Crippen molar-refractivity contribution in [3.63, 3.8) is 0 Å². The van der Waals surface area contributed by atoms with E-state index in [0.29, 0.717) is 0 Å². The Morgan fingerprint density at radius 2 is 2.00 bits per heavy atom. The lowest BCUT2D eigenvalue weighted by molar-refractivity contribution is -0.224. The molecule has 3 unspecified atom stereocenters. The number of carbonyl (C=O) groups is 2. The third kappa shape index (κ3) is 4.51. The topological polar surface area (TPSA) is 91.3 Å². The van der Waals surface area contributed by atoms with Gasteiger partial charge in [-0.2, -0.15) is 0 Å². The maximum atomic E-state index is 11.7. The van der Waals surface area contributed by atoms with Crippen molar-refractivity contribution in [3.8, 4) is 0 Å². The number of hydrogen-bond acceptors (Lipinski definition) is 7. The second kappa shape index (κ2) is 8.05. The SMILES string of the molecule is COC(=O)C1OCC(OC(C)=O)C(OCc2ccccc2)[C@@H]1O. The first-order valence-electron chi connectivity index (χ1n) is 7.23. The number of esters is 2. The Labute approximate surface area is 134 Å². The largest absolute Gasteiger partial charge is 0.467 e. The van der Waals surface area contributed by atoms with Gasteiger partial charge < -0.3 is 24.1 Å². The second-order valence-corrected chi connectivity index (χ2v) is 5.18. The lowest BCUT2D eigenvalue weighted by Gasteiger charge is -2.38. The van der Waals surface area contributed by atoms with E-state index in [2.05, 4.69) is 4.74 Å². The summed E-state index contributed by atoms with van der Waals surface area (Å²) in [6.45, 7) is 1.40. The summed E-state index contributed by atoms with van der Waals surface area (Å²) >= 11 is 0. The maximum absolute atomic E-state index is 11.7. The Hall–Kier alpha value is -1.96. The van der Waals surface area contributed by atoms with E-state index in [1.165, 1.54) is 14.0 Å². The number of benzene rings is 1. The van der Waals surface area contributed by atoms with E-state index in [9.17, 15) is 14.7 Å². The Kier molecular flexibility index (Phi) is 6.09. The van der Waals surface area contributed by atoms with E-state index < -0.39 is 36.4 Å². The molecule has 0 aromatic heterocycles. The highest BCUT2D eigenvalue weighted by molar-refractivity contribution is 5.75. The zero-order valence-electron chi connectivity index (χ0n) is 13.0. The van der Waals surface area contributed by atoms with E-state index in [0.717, 1.165) is 5.56 Å². The predicted octanol–water partition coefficient (Wildman–Crippen LogP) is 0.436. The van der Waals surface area contributed by atoms with Crippen molar-refractivity contribution in [2.75, 3.05) is 13.7 Å². The van der Waals surface area contributed by atoms with Gasteiger partial charge in [-0.1, -0.05) is 30.3 Å². The fraction of sp³-hybridized carbons (Fsp3) is 0.500. The van der Waals surface area contributed by atoms with Crippen LogP contribution in [-0.2, 0) is 35.1 Å². The summed E-state index contributed by atoms with van der Waals surface area (Å²) in [7, 11) is 1.20. The molecule has 2 rings (SSSR count). The molecule has 0 spiro atoms. The van der Waals surface area contributed by atoms with Crippen LogP contribution in [0.2, 0.25) is 0 Å². The summed E-state index contributed by atoms with van der Waals surface area (Å²) in [6.07, 6.45) is -4.17. The molecule has 4 atom stereocenters. The minimum Gasteiger partial charge on any atom is -0.467 e. The summed E-state index contributed by atoms with van der Waals surface area (Å²) in [5, 5.41) is 10.3. The standard InChI is InChI=1S/C16H20O7/c1-10(17)23-12-9-22-15(16(19)20-2)13(18)14(12)21-8-11-6-4-3-5-7-11/h3-7,12-15,18H,8-9H2,1-2H3/t12?,13-,14?,15?/m0/s1. The minimum absolute atomic E-state index is 0.0597. The monoisotopic (exact) mass is 324 g/mol. The lowest BCUT2D eigenvalue weighted by Crippen LogP contribution is -2.57. The molecule has 1 aromatic rings. The molecule has 1 aromatic carbocycles. The quantitative estimate of drug-likeness (QED) is 0.786. The molecule has 0 bridgehead atoms. The van der Waals surface area contributed by atoms with E-state index >= 15 is 0 Å². The van der Waals surface area contributed by atoms with E-state index in [4.69, 9.17) is 14.2 Å². The van der Waals surface area contributed by atoms with Crippen LogP contribution < -0.4 is 0 Å². The first kappa shape index (κ1) is 17.4. The smallest absolute Gasteiger partial charge is 0.337 e. The number of rotatable bonds is 5. The van der Waals surface area contributed by atoms with Crippen LogP contribution in [0.5, 0.6) is 0 Å². The zero-order chi connectivity index (χ0) is 16.8. The van der Waals surface area contributed by atoms with E-state index in [1.807, 2.05) is 30.3 Å². The highest BCUT2D eigenvalue weighted by atomic mass is 16.6. The highest BCUT2D eigenvalue weighted by Crippen LogP contribution is 2.23. The van der Waals surface area contributed by atoms with Crippen LogP contribution in [0.25, 0.3) is 0 Å². The second-order valence-electron chi connectivity index (χ2n) is 5.18. The third-order valence-electron chi connectivity index (χ3n) is 3.49. The third-order valence-corrected chi connectivity index (χ3v) is 3.49. The van der Waals surface area contributed by atoms with Crippen molar-refractivity contribution in [3.05, 3.63) is 35.9 Å². The molecule has 7 heteroatoms. The van der Waals surface area contributed by atoms with Gasteiger partial charge in [-0.05, 0) is 5.56 Å². The molecule has 1 saturated heterocycles. The fourth-order valence-corrected chi connectivity index (χ4v) is 2.39. The van der Waals surface area contributed by atoms with Gasteiger partial charge in [-0.3, -0.25) is 4.79 Å². The van der Waals surface area contributed by atoms with Crippen LogP contribution in [0.15, 0.2) is 30.3 Å². The summed E-state index contributed by atoms with van der Waals surface area (Å²) in [5.41, 5.74) is 0.891. The molecule has 23 heavy (non-hydrogen) atoms. The number of aliphatic hydroxyl groups excluding tert-OH is 1. The van der Waals surface area contributed by atoms with Crippen LogP contribution >= 0.6 is 0 Å². The van der Waals surface area contributed by atoms with Gasteiger partial charge in [0.05, 0.1) is 20.3 Å². The Balaban J connectivity index is 2.09. The molecule has 1 N–H and O–H groups in total. The number of aliphatic hydroxyl groups is 1. The summed E-state index contributed by atoms with van der Waals surface area (Å²) < 4.78 is 20.7. The van der Waals surface area contributed by atoms with Crippen molar-refractivity contribution in [2.24, 2.45) is 0 Å². The lowest BCUT2D eigenvalue weighted by atomic mass is 9.99. The average molecular weight is 324 g/mol. The van der Waals surface area contributed by atoms with Crippen molar-refractivity contribution in [2.45, 2.75) is 37.9 Å². The molecular formula is C16H20O7. The molecule has 1 heterocycles. The van der Waals surface area contributed by atoms with Crippen LogP contribution in [-0.4, -0.2) is 55.2 Å². The molecule has 126 valence electrons. The van der Waals surface area contributed by atoms with Gasteiger partial charge in [0, 0.05) is 6.92 Å². The van der Waals surface area contributed by atoms with Gasteiger partial charge in [0.1, 0.15) is 12.2 Å². The molecule has 0 saturated carbocycles. The van der Waals surface area contributed by atoms with Gasteiger partial charge >= 0.3 is 11.9 Å². The number of ether oxygens (including phenoxy) is 4. The first-order valence-corrected chi connectivity index (χ1v) is 7.23. The van der Waals surface area contributed by atoms with E-state index in [-0.39, 0.29) is 13.2 Å². The average Bonchev–Trinajstić information content (AvgIpc) is 2.54. The van der Waals surface area contributed by atoms with Crippen LogP contribution in [0.1, 0.15) is 12.5 Å². The number of methoxy groups -OCH3 is 1. The van der Waals surface area contributed by atoms with Crippen LogP contribution in [0, 0.1) is 0 Å². The van der Waals surface area contributed by atoms with E-state index in [1.54, 1.807) is 0 Å². The first-order chi connectivity index (χ1) is 11.0. The van der Waals surface area contributed by atoms with Gasteiger partial charge in [-0.15, -0.1) is 0 Å². The Morgan fingerprint density at radius 1 is 1.30 bits per heavy atom. The molecule has 0 aliphatic carbocycles. The summed E-state index contributed by atoms with van der Waals surface area (Å²) in [4.78, 5) is 22.9. The summed E-state index contributed by atoms with van der Waals surface area (Å²) in [6, 6.07) is 9.33. The number of carbonyl (C=O) groups excluding carboxylic acids is 2. The summed E-state index contributed by atoms with van der Waals surface area (Å²) in [5.74, 6) is -1.22. The molecule has 0 amide bonds. The molecular weight excluding hydrogens is 304 g/mol. The molecule has 7 nitrogen and oxygen atoms in total. The molecule has 1 aliphatic heterocycles. The Morgan fingerprint density at radius 3 is 2.61 bits per heavy atom. The molecule has 1 aliphatic rings. The van der Waals surface area contributed by atoms with Gasteiger partial charge in [-0.25, -0.2) is 4.79 Å². The van der Waals surface area contributed by atoms with Gasteiger partial charge in [0.25, 0.3) is 0 Å². The van der Waals surface area contributed by atoms with Crippen molar-refractivity contribution >= 4 is 11.9 Å². The maximum Gasteiger partial charge on any atom is 0.337 e. The Bertz CT molecular complexity index is 530. The molecule has 0 radical (unpaired) electrons. The minimum atomic E-state index is -1.30. The fourth-order valence-electron chi connectivity index (χ4n) is 2.39. The predicted molar refractivity (Wildman–Crippen MR) is 78.3 cm³/mol.